The molecule has 0 N–H and O–H groups in total. The van der Waals surface area contributed by atoms with Gasteiger partial charge in [-0.25, -0.2) is 0 Å². The summed E-state index contributed by atoms with van der Waals surface area (Å²) in [7, 11) is 0. The van der Waals surface area contributed by atoms with E-state index in [-0.39, 0.29) is 31.1 Å². The number of ether oxygens (including phenoxy) is 3. The summed E-state index contributed by atoms with van der Waals surface area (Å²) in [4.78, 5) is 38.4. The van der Waals surface area contributed by atoms with Crippen molar-refractivity contribution in [1.82, 2.24) is 0 Å². The average molecular weight is 1110 g/mol. The maximum Gasteiger partial charge on any atom is 0.306 e. The van der Waals surface area contributed by atoms with Gasteiger partial charge in [0.1, 0.15) is 13.2 Å². The van der Waals surface area contributed by atoms with Crippen molar-refractivity contribution in [3.8, 4) is 0 Å². The Kier molecular flexibility index (Phi) is 65.6. The molecule has 0 amide bonds. The SMILES string of the molecule is CCCC/C=C\C/C=C\CCCCCCCC(=O)OCC(COC(=O)CCCCCCCCCCCCCCCCCCC/C=C\CCCCCCCCCC)OC(=O)CCCCCCCCC/C=C\CCCCCCCCC. The first-order valence-electron chi connectivity index (χ1n) is 35.1. The first-order chi connectivity index (χ1) is 39.0. The topological polar surface area (TPSA) is 78.9 Å². The van der Waals surface area contributed by atoms with E-state index in [1.807, 2.05) is 0 Å². The molecule has 0 aromatic carbocycles. The Hall–Kier alpha value is -2.63. The maximum atomic E-state index is 12.9. The summed E-state index contributed by atoms with van der Waals surface area (Å²) in [5.74, 6) is -0.872. The Balaban J connectivity index is 4.21. The zero-order valence-electron chi connectivity index (χ0n) is 53.2. The Bertz CT molecular complexity index is 1360. The van der Waals surface area contributed by atoms with Crippen LogP contribution < -0.4 is 0 Å². The van der Waals surface area contributed by atoms with E-state index in [4.69, 9.17) is 14.2 Å². The molecule has 1 atom stereocenters. The Morgan fingerprint density at radius 3 is 0.747 bits per heavy atom. The highest BCUT2D eigenvalue weighted by molar-refractivity contribution is 5.71. The number of allylic oxidation sites excluding steroid dienone is 8. The molecule has 0 fully saturated rings. The Morgan fingerprint density at radius 2 is 0.468 bits per heavy atom. The van der Waals surface area contributed by atoms with Gasteiger partial charge in [0.25, 0.3) is 0 Å². The number of rotatable bonds is 65. The number of unbranched alkanes of at least 4 members (excludes halogenated alkanes) is 46. The Morgan fingerprint density at radius 1 is 0.253 bits per heavy atom. The summed E-state index contributed by atoms with van der Waals surface area (Å²) in [6.45, 7) is 6.64. The van der Waals surface area contributed by atoms with Gasteiger partial charge >= 0.3 is 17.9 Å². The summed E-state index contributed by atoms with van der Waals surface area (Å²) in [6.07, 6.45) is 85.7. The van der Waals surface area contributed by atoms with Crippen LogP contribution in [0.25, 0.3) is 0 Å². The van der Waals surface area contributed by atoms with Crippen LogP contribution in [-0.2, 0) is 28.6 Å². The molecule has 0 aromatic heterocycles. The second-order valence-corrected chi connectivity index (χ2v) is 23.8. The van der Waals surface area contributed by atoms with Crippen molar-refractivity contribution in [3.63, 3.8) is 0 Å². The van der Waals surface area contributed by atoms with Gasteiger partial charge in [0.15, 0.2) is 6.10 Å². The monoisotopic (exact) mass is 1110 g/mol. The predicted octanol–water partition coefficient (Wildman–Crippen LogP) is 24.1. The van der Waals surface area contributed by atoms with Crippen molar-refractivity contribution in [2.45, 2.75) is 386 Å². The minimum absolute atomic E-state index is 0.0759. The van der Waals surface area contributed by atoms with Crippen molar-refractivity contribution in [1.29, 1.82) is 0 Å². The van der Waals surface area contributed by atoms with Gasteiger partial charge < -0.3 is 14.2 Å². The van der Waals surface area contributed by atoms with Gasteiger partial charge in [0, 0.05) is 19.3 Å². The summed E-state index contributed by atoms with van der Waals surface area (Å²) < 4.78 is 17.0. The summed E-state index contributed by atoms with van der Waals surface area (Å²) in [5, 5.41) is 0. The van der Waals surface area contributed by atoms with Gasteiger partial charge in [-0.3, -0.25) is 14.4 Å². The third kappa shape index (κ3) is 66.1. The molecule has 0 aliphatic heterocycles. The minimum Gasteiger partial charge on any atom is -0.462 e. The lowest BCUT2D eigenvalue weighted by Gasteiger charge is -2.18. The van der Waals surface area contributed by atoms with Crippen molar-refractivity contribution < 1.29 is 28.6 Å². The zero-order chi connectivity index (χ0) is 57.1. The molecule has 79 heavy (non-hydrogen) atoms. The molecule has 0 aliphatic rings. The molecule has 0 radical (unpaired) electrons. The molecule has 0 aromatic rings. The van der Waals surface area contributed by atoms with Crippen LogP contribution in [0.5, 0.6) is 0 Å². The van der Waals surface area contributed by atoms with E-state index in [1.165, 1.54) is 263 Å². The van der Waals surface area contributed by atoms with Crippen molar-refractivity contribution in [2.75, 3.05) is 13.2 Å². The number of esters is 3. The number of hydrogen-bond acceptors (Lipinski definition) is 6. The fraction of sp³-hybridized carbons (Fsp3) is 0.849. The highest BCUT2D eigenvalue weighted by Gasteiger charge is 2.19. The number of hydrogen-bond donors (Lipinski definition) is 0. The zero-order valence-corrected chi connectivity index (χ0v) is 53.2. The normalized spacial score (nSPS) is 12.3. The van der Waals surface area contributed by atoms with E-state index in [0.717, 1.165) is 77.0 Å². The van der Waals surface area contributed by atoms with E-state index in [2.05, 4.69) is 69.4 Å². The molecule has 1 unspecified atom stereocenters. The van der Waals surface area contributed by atoms with E-state index >= 15 is 0 Å². The molecule has 0 saturated heterocycles. The summed E-state index contributed by atoms with van der Waals surface area (Å²) in [5.41, 5.74) is 0. The molecule has 6 heteroatoms. The van der Waals surface area contributed by atoms with Crippen LogP contribution in [-0.4, -0.2) is 37.2 Å². The largest absolute Gasteiger partial charge is 0.462 e. The van der Waals surface area contributed by atoms with Crippen molar-refractivity contribution in [2.24, 2.45) is 0 Å². The van der Waals surface area contributed by atoms with Gasteiger partial charge in [-0.1, -0.05) is 313 Å². The standard InChI is InChI=1S/C73H134O6/c1-4-7-10-13-16-19-22-25-28-30-32-33-34-35-36-37-38-39-40-41-42-44-45-48-51-54-57-60-63-66-72(75)78-69-70(68-77-71(74)65-62-59-56-53-50-47-27-24-21-18-15-12-9-6-3)79-73(76)67-64-61-58-55-52-49-46-43-31-29-26-23-20-17-14-11-8-5-2/h15,18,24,27,29-32,70H,4-14,16-17,19-23,25-26,28,33-69H2,1-3H3/b18-15-,27-24-,31-29-,32-30-. The molecule has 0 aliphatic carbocycles. The van der Waals surface area contributed by atoms with E-state index in [9.17, 15) is 14.4 Å². The lowest BCUT2D eigenvalue weighted by atomic mass is 10.0. The highest BCUT2D eigenvalue weighted by atomic mass is 16.6. The lowest BCUT2D eigenvalue weighted by Crippen LogP contribution is -2.30. The highest BCUT2D eigenvalue weighted by Crippen LogP contribution is 2.18. The van der Waals surface area contributed by atoms with Gasteiger partial charge in [-0.15, -0.1) is 0 Å². The quantitative estimate of drug-likeness (QED) is 0.0261. The van der Waals surface area contributed by atoms with Crippen LogP contribution >= 0.6 is 0 Å². The van der Waals surface area contributed by atoms with Crippen LogP contribution in [0.2, 0.25) is 0 Å². The second-order valence-electron chi connectivity index (χ2n) is 23.8. The molecule has 6 nitrogen and oxygen atoms in total. The van der Waals surface area contributed by atoms with Crippen LogP contribution in [0.3, 0.4) is 0 Å². The van der Waals surface area contributed by atoms with Crippen LogP contribution in [0.1, 0.15) is 380 Å². The fourth-order valence-electron chi connectivity index (χ4n) is 10.5. The first kappa shape index (κ1) is 76.4. The van der Waals surface area contributed by atoms with Crippen LogP contribution in [0.4, 0.5) is 0 Å². The average Bonchev–Trinajstić information content (AvgIpc) is 3.45. The fourth-order valence-corrected chi connectivity index (χ4v) is 10.5. The number of carbonyl (C=O) groups is 3. The van der Waals surface area contributed by atoms with E-state index in [0.29, 0.717) is 19.3 Å². The van der Waals surface area contributed by atoms with Gasteiger partial charge in [0.2, 0.25) is 0 Å². The third-order valence-electron chi connectivity index (χ3n) is 15.8. The molecule has 0 bridgehead atoms. The Labute approximate surface area is 492 Å². The van der Waals surface area contributed by atoms with Crippen LogP contribution in [0.15, 0.2) is 48.6 Å². The van der Waals surface area contributed by atoms with Gasteiger partial charge in [0.05, 0.1) is 0 Å². The molecule has 0 spiro atoms. The minimum atomic E-state index is -0.781. The molecule has 0 saturated carbocycles. The van der Waals surface area contributed by atoms with Crippen LogP contribution in [0, 0.1) is 0 Å². The predicted molar refractivity (Wildman–Crippen MR) is 344 cm³/mol. The van der Waals surface area contributed by atoms with Gasteiger partial charge in [-0.05, 0) is 96.3 Å². The first-order valence-corrected chi connectivity index (χ1v) is 35.1. The smallest absolute Gasteiger partial charge is 0.306 e. The molecule has 462 valence electrons. The van der Waals surface area contributed by atoms with Crippen molar-refractivity contribution >= 4 is 17.9 Å². The molecule has 0 heterocycles. The molecule has 0 rings (SSSR count). The van der Waals surface area contributed by atoms with E-state index in [1.54, 1.807) is 0 Å². The maximum absolute atomic E-state index is 12.9. The second kappa shape index (κ2) is 67.9. The molecular formula is C73H134O6. The molecular weight excluding hydrogens is 973 g/mol. The van der Waals surface area contributed by atoms with Crippen molar-refractivity contribution in [3.05, 3.63) is 48.6 Å². The third-order valence-corrected chi connectivity index (χ3v) is 15.8. The summed E-state index contributed by atoms with van der Waals surface area (Å²) in [6, 6.07) is 0. The number of carbonyl (C=O) groups excluding carboxylic acids is 3. The summed E-state index contributed by atoms with van der Waals surface area (Å²) >= 11 is 0. The van der Waals surface area contributed by atoms with Gasteiger partial charge in [-0.2, -0.15) is 0 Å². The lowest BCUT2D eigenvalue weighted by molar-refractivity contribution is -0.167. The van der Waals surface area contributed by atoms with E-state index < -0.39 is 6.10 Å².